The molecule has 0 radical (unpaired) electrons. The highest BCUT2D eigenvalue weighted by Gasteiger charge is 2.08. The number of rotatable bonds is 3. The summed E-state index contributed by atoms with van der Waals surface area (Å²) in [6, 6.07) is 9.77. The Morgan fingerprint density at radius 1 is 1.22 bits per heavy atom. The summed E-state index contributed by atoms with van der Waals surface area (Å²) < 4.78 is 14.2. The van der Waals surface area contributed by atoms with E-state index in [0.29, 0.717) is 15.7 Å². The van der Waals surface area contributed by atoms with E-state index in [4.69, 9.17) is 11.6 Å². The van der Waals surface area contributed by atoms with Gasteiger partial charge in [0.15, 0.2) is 0 Å². The Morgan fingerprint density at radius 2 is 1.94 bits per heavy atom. The van der Waals surface area contributed by atoms with Gasteiger partial charge < -0.3 is 10.4 Å². The van der Waals surface area contributed by atoms with Crippen molar-refractivity contribution >= 4 is 33.2 Å². The van der Waals surface area contributed by atoms with Crippen molar-refractivity contribution in [2.24, 2.45) is 0 Å². The zero-order chi connectivity index (χ0) is 13.1. The summed E-state index contributed by atoms with van der Waals surface area (Å²) in [5.41, 5.74) is 0.967. The van der Waals surface area contributed by atoms with Gasteiger partial charge in [-0.15, -0.1) is 0 Å². The molecule has 0 saturated heterocycles. The fourth-order valence-corrected chi connectivity index (χ4v) is 2.23. The first-order valence-electron chi connectivity index (χ1n) is 5.24. The third kappa shape index (κ3) is 2.76. The predicted molar refractivity (Wildman–Crippen MR) is 74.5 cm³/mol. The van der Waals surface area contributed by atoms with Gasteiger partial charge in [0.25, 0.3) is 0 Å². The van der Waals surface area contributed by atoms with Gasteiger partial charge in [-0.05, 0) is 34.1 Å². The van der Waals surface area contributed by atoms with E-state index < -0.39 is 0 Å². The van der Waals surface area contributed by atoms with Crippen LogP contribution >= 0.6 is 27.5 Å². The molecule has 0 aromatic heterocycles. The van der Waals surface area contributed by atoms with Crippen molar-refractivity contribution in [1.82, 2.24) is 0 Å². The van der Waals surface area contributed by atoms with Crippen LogP contribution in [0.1, 0.15) is 5.56 Å². The van der Waals surface area contributed by atoms with Gasteiger partial charge in [0.1, 0.15) is 11.6 Å². The first-order chi connectivity index (χ1) is 8.59. The summed E-state index contributed by atoms with van der Waals surface area (Å²) in [5.74, 6) is -0.343. The number of anilines is 1. The van der Waals surface area contributed by atoms with Crippen molar-refractivity contribution in [3.05, 3.63) is 57.3 Å². The van der Waals surface area contributed by atoms with Gasteiger partial charge in [0.05, 0.1) is 10.7 Å². The largest absolute Gasteiger partial charge is 0.506 e. The lowest BCUT2D eigenvalue weighted by atomic mass is 10.2. The van der Waals surface area contributed by atoms with Crippen LogP contribution in [0.2, 0.25) is 5.02 Å². The molecule has 0 spiro atoms. The molecule has 0 fully saturated rings. The van der Waals surface area contributed by atoms with E-state index in [0.717, 1.165) is 0 Å². The fourth-order valence-electron chi connectivity index (χ4n) is 1.55. The first kappa shape index (κ1) is 13.2. The zero-order valence-corrected chi connectivity index (χ0v) is 11.6. The SMILES string of the molecule is Oc1c(Cl)cccc1CNc1c(F)cccc1Br. The molecule has 2 rings (SSSR count). The number of nitrogens with one attached hydrogen (secondary N) is 1. The molecule has 2 aromatic rings. The molecule has 0 amide bonds. The Hall–Kier alpha value is -1.26. The lowest BCUT2D eigenvalue weighted by Crippen LogP contribution is -2.02. The molecule has 0 aliphatic carbocycles. The molecule has 0 atom stereocenters. The van der Waals surface area contributed by atoms with Gasteiger partial charge in [0, 0.05) is 16.6 Å². The maximum atomic E-state index is 13.6. The topological polar surface area (TPSA) is 32.3 Å². The Kier molecular flexibility index (Phi) is 4.09. The Morgan fingerprint density at radius 3 is 2.67 bits per heavy atom. The second kappa shape index (κ2) is 5.59. The van der Waals surface area contributed by atoms with E-state index in [-0.39, 0.29) is 23.1 Å². The predicted octanol–water partition coefficient (Wildman–Crippen LogP) is 4.56. The smallest absolute Gasteiger partial charge is 0.147 e. The second-order valence-electron chi connectivity index (χ2n) is 3.70. The van der Waals surface area contributed by atoms with Crippen molar-refractivity contribution in [3.8, 4) is 5.75 Å². The highest BCUT2D eigenvalue weighted by molar-refractivity contribution is 9.10. The first-order valence-corrected chi connectivity index (χ1v) is 6.41. The molecule has 0 unspecified atom stereocenters. The molecule has 2 N–H and O–H groups in total. The van der Waals surface area contributed by atoms with E-state index in [2.05, 4.69) is 21.2 Å². The summed E-state index contributed by atoms with van der Waals surface area (Å²) in [6.45, 7) is 0.284. The van der Waals surface area contributed by atoms with Crippen LogP contribution in [0.5, 0.6) is 5.75 Å². The number of aromatic hydroxyl groups is 1. The number of para-hydroxylation sites is 2. The highest BCUT2D eigenvalue weighted by atomic mass is 79.9. The van der Waals surface area contributed by atoms with Gasteiger partial charge in [0.2, 0.25) is 0 Å². The molecule has 0 heterocycles. The monoisotopic (exact) mass is 329 g/mol. The number of phenols is 1. The van der Waals surface area contributed by atoms with Crippen LogP contribution in [0.3, 0.4) is 0 Å². The molecule has 5 heteroatoms. The van der Waals surface area contributed by atoms with Gasteiger partial charge in [-0.25, -0.2) is 4.39 Å². The van der Waals surface area contributed by atoms with E-state index in [1.54, 1.807) is 30.3 Å². The molecule has 0 saturated carbocycles. The van der Waals surface area contributed by atoms with Gasteiger partial charge >= 0.3 is 0 Å². The van der Waals surface area contributed by atoms with Crippen LogP contribution in [0.4, 0.5) is 10.1 Å². The lowest BCUT2D eigenvalue weighted by Gasteiger charge is -2.11. The van der Waals surface area contributed by atoms with Crippen molar-refractivity contribution in [1.29, 1.82) is 0 Å². The Labute approximate surface area is 118 Å². The van der Waals surface area contributed by atoms with Crippen LogP contribution < -0.4 is 5.32 Å². The molecular weight excluding hydrogens is 321 g/mol. The van der Waals surface area contributed by atoms with Gasteiger partial charge in [-0.1, -0.05) is 29.8 Å². The highest BCUT2D eigenvalue weighted by Crippen LogP contribution is 2.29. The fraction of sp³-hybridized carbons (Fsp3) is 0.0769. The Bertz CT molecular complexity index is 557. The molecule has 0 aliphatic heterocycles. The molecule has 0 aliphatic rings. The van der Waals surface area contributed by atoms with Crippen molar-refractivity contribution < 1.29 is 9.50 Å². The molecule has 0 bridgehead atoms. The van der Waals surface area contributed by atoms with Gasteiger partial charge in [-0.3, -0.25) is 0 Å². The van der Waals surface area contributed by atoms with Crippen LogP contribution in [0.15, 0.2) is 40.9 Å². The van der Waals surface area contributed by atoms with Crippen LogP contribution in [0, 0.1) is 5.82 Å². The molecule has 2 aromatic carbocycles. The minimum atomic E-state index is -0.356. The van der Waals surface area contributed by atoms with E-state index >= 15 is 0 Å². The summed E-state index contributed by atoms with van der Waals surface area (Å²) in [5, 5.41) is 12.9. The minimum Gasteiger partial charge on any atom is -0.506 e. The lowest BCUT2D eigenvalue weighted by molar-refractivity contribution is 0.469. The summed E-state index contributed by atoms with van der Waals surface area (Å²) in [6.07, 6.45) is 0. The standard InChI is InChI=1S/C13H10BrClFNO/c14-9-4-2-6-11(16)12(9)17-7-8-3-1-5-10(15)13(8)18/h1-6,17-18H,7H2. The van der Waals surface area contributed by atoms with Crippen LogP contribution in [0.25, 0.3) is 0 Å². The second-order valence-corrected chi connectivity index (χ2v) is 4.96. The number of halogens is 3. The number of hydrogen-bond donors (Lipinski definition) is 2. The van der Waals surface area contributed by atoms with Gasteiger partial charge in [-0.2, -0.15) is 0 Å². The van der Waals surface area contributed by atoms with Crippen LogP contribution in [-0.4, -0.2) is 5.11 Å². The minimum absolute atomic E-state index is 0.0131. The molecule has 2 nitrogen and oxygen atoms in total. The quantitative estimate of drug-likeness (QED) is 0.864. The Balaban J connectivity index is 2.19. The zero-order valence-electron chi connectivity index (χ0n) is 9.25. The summed E-state index contributed by atoms with van der Waals surface area (Å²) >= 11 is 9.06. The maximum Gasteiger partial charge on any atom is 0.147 e. The molecule has 18 heavy (non-hydrogen) atoms. The third-order valence-corrected chi connectivity index (χ3v) is 3.45. The van der Waals surface area contributed by atoms with E-state index in [1.165, 1.54) is 6.07 Å². The normalized spacial score (nSPS) is 10.4. The maximum absolute atomic E-state index is 13.6. The average molecular weight is 331 g/mol. The van der Waals surface area contributed by atoms with E-state index in [9.17, 15) is 9.50 Å². The third-order valence-electron chi connectivity index (χ3n) is 2.49. The molecular formula is C13H10BrClFNO. The van der Waals surface area contributed by atoms with Crippen molar-refractivity contribution in [3.63, 3.8) is 0 Å². The van der Waals surface area contributed by atoms with E-state index in [1.807, 2.05) is 0 Å². The summed E-state index contributed by atoms with van der Waals surface area (Å²) in [7, 11) is 0. The number of benzene rings is 2. The number of phenolic OH excluding ortho intramolecular Hbond substituents is 1. The van der Waals surface area contributed by atoms with Crippen molar-refractivity contribution in [2.45, 2.75) is 6.54 Å². The number of hydrogen-bond acceptors (Lipinski definition) is 2. The summed E-state index contributed by atoms with van der Waals surface area (Å²) in [4.78, 5) is 0. The molecule has 94 valence electrons. The van der Waals surface area contributed by atoms with Crippen LogP contribution in [-0.2, 0) is 6.54 Å². The van der Waals surface area contributed by atoms with Crippen molar-refractivity contribution in [2.75, 3.05) is 5.32 Å². The average Bonchev–Trinajstić information content (AvgIpc) is 2.33.